The standard InChI is InChI=1S/C14H23NO3/c1-4-12(10-16)15-9-11-7-6-8-13(18-5-2)14(11)17-3/h6-8,12,15-16H,4-5,9-10H2,1-3H3/t12-/m1/s1. The van der Waals surface area contributed by atoms with Crippen molar-refractivity contribution >= 4 is 0 Å². The number of methoxy groups -OCH3 is 1. The number of hydrogen-bond acceptors (Lipinski definition) is 4. The average molecular weight is 253 g/mol. The Morgan fingerprint density at radius 2 is 2.11 bits per heavy atom. The van der Waals surface area contributed by atoms with Gasteiger partial charge in [0.2, 0.25) is 0 Å². The first kappa shape index (κ1) is 14.8. The highest BCUT2D eigenvalue weighted by Crippen LogP contribution is 2.30. The number of aliphatic hydroxyl groups is 1. The van der Waals surface area contributed by atoms with Crippen LogP contribution in [-0.4, -0.2) is 31.5 Å². The van der Waals surface area contributed by atoms with Crippen molar-refractivity contribution in [1.29, 1.82) is 0 Å². The molecule has 0 aliphatic rings. The highest BCUT2D eigenvalue weighted by atomic mass is 16.5. The van der Waals surface area contributed by atoms with Gasteiger partial charge in [-0.05, 0) is 19.4 Å². The van der Waals surface area contributed by atoms with Crippen molar-refractivity contribution in [3.05, 3.63) is 23.8 Å². The monoisotopic (exact) mass is 253 g/mol. The molecule has 0 amide bonds. The number of hydrogen-bond donors (Lipinski definition) is 2. The van der Waals surface area contributed by atoms with E-state index in [0.29, 0.717) is 13.2 Å². The number of ether oxygens (including phenoxy) is 2. The van der Waals surface area contributed by atoms with Gasteiger partial charge in [0.1, 0.15) is 0 Å². The Hall–Kier alpha value is -1.26. The fourth-order valence-electron chi connectivity index (χ4n) is 1.79. The van der Waals surface area contributed by atoms with Crippen LogP contribution < -0.4 is 14.8 Å². The Bertz CT molecular complexity index is 351. The number of nitrogens with one attached hydrogen (secondary N) is 1. The third-order valence-corrected chi connectivity index (χ3v) is 2.86. The molecule has 1 atom stereocenters. The summed E-state index contributed by atoms with van der Waals surface area (Å²) in [6.45, 7) is 5.40. The van der Waals surface area contributed by atoms with Gasteiger partial charge in [-0.25, -0.2) is 0 Å². The molecule has 4 heteroatoms. The molecule has 0 bridgehead atoms. The maximum absolute atomic E-state index is 9.15. The molecular weight excluding hydrogens is 230 g/mol. The normalized spacial score (nSPS) is 12.2. The Labute approximate surface area is 109 Å². The van der Waals surface area contributed by atoms with E-state index >= 15 is 0 Å². The molecule has 0 fully saturated rings. The van der Waals surface area contributed by atoms with Crippen molar-refractivity contribution in [3.8, 4) is 11.5 Å². The third kappa shape index (κ3) is 3.89. The van der Waals surface area contributed by atoms with E-state index in [1.54, 1.807) is 7.11 Å². The molecule has 4 nitrogen and oxygen atoms in total. The predicted molar refractivity (Wildman–Crippen MR) is 72.2 cm³/mol. The lowest BCUT2D eigenvalue weighted by Crippen LogP contribution is -2.31. The molecule has 0 aliphatic carbocycles. The van der Waals surface area contributed by atoms with E-state index in [9.17, 15) is 0 Å². The van der Waals surface area contributed by atoms with Crippen molar-refractivity contribution in [2.75, 3.05) is 20.3 Å². The lowest BCUT2D eigenvalue weighted by atomic mass is 10.1. The number of para-hydroxylation sites is 1. The molecule has 0 spiro atoms. The summed E-state index contributed by atoms with van der Waals surface area (Å²) in [5.74, 6) is 1.52. The van der Waals surface area contributed by atoms with E-state index in [1.807, 2.05) is 32.0 Å². The van der Waals surface area contributed by atoms with Crippen LogP contribution in [0.3, 0.4) is 0 Å². The minimum absolute atomic E-state index is 0.116. The van der Waals surface area contributed by atoms with Crippen molar-refractivity contribution in [1.82, 2.24) is 5.32 Å². The van der Waals surface area contributed by atoms with Gasteiger partial charge in [-0.3, -0.25) is 0 Å². The number of benzene rings is 1. The van der Waals surface area contributed by atoms with Gasteiger partial charge in [-0.15, -0.1) is 0 Å². The Balaban J connectivity index is 2.78. The Morgan fingerprint density at radius 3 is 2.67 bits per heavy atom. The van der Waals surface area contributed by atoms with Crippen LogP contribution in [0.15, 0.2) is 18.2 Å². The van der Waals surface area contributed by atoms with Gasteiger partial charge in [-0.1, -0.05) is 19.1 Å². The smallest absolute Gasteiger partial charge is 0.165 e. The van der Waals surface area contributed by atoms with Gasteiger partial charge in [-0.2, -0.15) is 0 Å². The van der Waals surface area contributed by atoms with Crippen LogP contribution in [0.5, 0.6) is 11.5 Å². The molecule has 1 aromatic carbocycles. The molecule has 0 saturated heterocycles. The number of aliphatic hydroxyl groups excluding tert-OH is 1. The van der Waals surface area contributed by atoms with Gasteiger partial charge < -0.3 is 19.9 Å². The Kier molecular flexibility index (Phi) is 6.54. The largest absolute Gasteiger partial charge is 0.493 e. The molecule has 0 heterocycles. The maximum atomic E-state index is 9.15. The molecule has 2 N–H and O–H groups in total. The number of rotatable bonds is 8. The topological polar surface area (TPSA) is 50.7 Å². The summed E-state index contributed by atoms with van der Waals surface area (Å²) in [6.07, 6.45) is 0.893. The molecule has 0 saturated carbocycles. The predicted octanol–water partition coefficient (Wildman–Crippen LogP) is 1.95. The van der Waals surface area contributed by atoms with Crippen LogP contribution >= 0.6 is 0 Å². The summed E-state index contributed by atoms with van der Waals surface area (Å²) in [7, 11) is 1.64. The fourth-order valence-corrected chi connectivity index (χ4v) is 1.79. The summed E-state index contributed by atoms with van der Waals surface area (Å²) in [5.41, 5.74) is 1.04. The molecule has 0 unspecified atom stereocenters. The van der Waals surface area contributed by atoms with Crippen molar-refractivity contribution in [2.24, 2.45) is 0 Å². The summed E-state index contributed by atoms with van der Waals surface area (Å²) >= 11 is 0. The van der Waals surface area contributed by atoms with Gasteiger partial charge >= 0.3 is 0 Å². The van der Waals surface area contributed by atoms with E-state index in [4.69, 9.17) is 14.6 Å². The molecule has 1 rings (SSSR count). The van der Waals surface area contributed by atoms with Crippen LogP contribution in [0.25, 0.3) is 0 Å². The summed E-state index contributed by atoms with van der Waals surface area (Å²) in [4.78, 5) is 0. The Morgan fingerprint density at radius 1 is 1.33 bits per heavy atom. The van der Waals surface area contributed by atoms with E-state index in [0.717, 1.165) is 23.5 Å². The minimum atomic E-state index is 0.116. The molecule has 0 aliphatic heterocycles. The van der Waals surface area contributed by atoms with Gasteiger partial charge in [0.05, 0.1) is 20.3 Å². The van der Waals surface area contributed by atoms with Crippen LogP contribution in [-0.2, 0) is 6.54 Å². The lowest BCUT2D eigenvalue weighted by Gasteiger charge is -2.17. The summed E-state index contributed by atoms with van der Waals surface area (Å²) in [5, 5.41) is 12.4. The lowest BCUT2D eigenvalue weighted by molar-refractivity contribution is 0.237. The molecule has 102 valence electrons. The minimum Gasteiger partial charge on any atom is -0.493 e. The van der Waals surface area contributed by atoms with Crippen molar-refractivity contribution in [3.63, 3.8) is 0 Å². The van der Waals surface area contributed by atoms with Gasteiger partial charge in [0.25, 0.3) is 0 Å². The maximum Gasteiger partial charge on any atom is 0.165 e. The second-order valence-electron chi connectivity index (χ2n) is 4.05. The zero-order valence-corrected chi connectivity index (χ0v) is 11.4. The third-order valence-electron chi connectivity index (χ3n) is 2.86. The van der Waals surface area contributed by atoms with Gasteiger partial charge in [0, 0.05) is 18.2 Å². The first-order valence-electron chi connectivity index (χ1n) is 6.39. The van der Waals surface area contributed by atoms with Crippen LogP contribution in [0.2, 0.25) is 0 Å². The SMILES string of the molecule is CCOc1cccc(CN[C@H](CC)CO)c1OC. The van der Waals surface area contributed by atoms with Crippen LogP contribution in [0.4, 0.5) is 0 Å². The van der Waals surface area contributed by atoms with E-state index < -0.39 is 0 Å². The second kappa shape index (κ2) is 7.95. The quantitative estimate of drug-likeness (QED) is 0.743. The second-order valence-corrected chi connectivity index (χ2v) is 4.05. The molecule has 18 heavy (non-hydrogen) atoms. The first-order chi connectivity index (χ1) is 8.76. The highest BCUT2D eigenvalue weighted by molar-refractivity contribution is 5.46. The molecule has 1 aromatic rings. The van der Waals surface area contributed by atoms with E-state index in [2.05, 4.69) is 5.32 Å². The summed E-state index contributed by atoms with van der Waals surface area (Å²) in [6, 6.07) is 5.96. The molecular formula is C14H23NO3. The van der Waals surface area contributed by atoms with Crippen molar-refractivity contribution in [2.45, 2.75) is 32.9 Å². The summed E-state index contributed by atoms with van der Waals surface area (Å²) < 4.78 is 10.9. The van der Waals surface area contributed by atoms with Crippen LogP contribution in [0, 0.1) is 0 Å². The fraction of sp³-hybridized carbons (Fsp3) is 0.571. The van der Waals surface area contributed by atoms with E-state index in [-0.39, 0.29) is 12.6 Å². The average Bonchev–Trinajstić information content (AvgIpc) is 2.40. The van der Waals surface area contributed by atoms with Crippen LogP contribution in [0.1, 0.15) is 25.8 Å². The molecule has 0 radical (unpaired) electrons. The van der Waals surface area contributed by atoms with E-state index in [1.165, 1.54) is 0 Å². The first-order valence-corrected chi connectivity index (χ1v) is 6.39. The highest BCUT2D eigenvalue weighted by Gasteiger charge is 2.11. The molecule has 0 aromatic heterocycles. The van der Waals surface area contributed by atoms with Gasteiger partial charge in [0.15, 0.2) is 11.5 Å². The zero-order valence-electron chi connectivity index (χ0n) is 11.4. The zero-order chi connectivity index (χ0) is 13.4. The van der Waals surface area contributed by atoms with Crippen molar-refractivity contribution < 1.29 is 14.6 Å².